The minimum atomic E-state index is -0.150. The number of anilines is 1. The van der Waals surface area contributed by atoms with Crippen molar-refractivity contribution in [2.24, 2.45) is 0 Å². The maximum atomic E-state index is 11.3. The molecule has 1 N–H and O–H groups in total. The number of thioether (sulfide) groups is 1. The third-order valence-electron chi connectivity index (χ3n) is 3.25. The monoisotopic (exact) mass is 329 g/mol. The highest BCUT2D eigenvalue weighted by atomic mass is 32.2. The van der Waals surface area contributed by atoms with E-state index in [-0.39, 0.29) is 5.97 Å². The number of nitrogens with one attached hydrogen (secondary N) is 1. The number of thiazole rings is 1. The second-order valence-corrected chi connectivity index (χ2v) is 6.91. The number of ether oxygens (including phenoxy) is 1. The Bertz CT molecular complexity index is 434. The Balaban J connectivity index is 1.64. The topological polar surface area (TPSA) is 54.5 Å². The minimum absolute atomic E-state index is 0.150. The Labute approximate surface area is 134 Å². The molecule has 1 aliphatic rings. The standard InChI is InChI=1S/C14H23N3O2S2/c1-2-19-13(18)4-3-12-11-21-14(16-12)15-5-6-17-7-9-20-10-8-17/h11H,2-10H2,1H3,(H,15,16). The first kappa shape index (κ1) is 16.6. The third-order valence-corrected chi connectivity index (χ3v) is 5.04. The summed E-state index contributed by atoms with van der Waals surface area (Å²) in [5.74, 6) is 2.34. The van der Waals surface area contributed by atoms with Gasteiger partial charge in [0.15, 0.2) is 5.13 Å². The van der Waals surface area contributed by atoms with Gasteiger partial charge in [-0.1, -0.05) is 0 Å². The lowest BCUT2D eigenvalue weighted by atomic mass is 10.2. The first-order chi connectivity index (χ1) is 10.3. The molecule has 0 amide bonds. The highest BCUT2D eigenvalue weighted by molar-refractivity contribution is 7.99. The normalized spacial score (nSPS) is 15.9. The van der Waals surface area contributed by atoms with Crippen LogP contribution in [-0.4, -0.2) is 60.1 Å². The van der Waals surface area contributed by atoms with Gasteiger partial charge in [-0.2, -0.15) is 11.8 Å². The molecular weight excluding hydrogens is 306 g/mol. The molecule has 0 aliphatic carbocycles. The van der Waals surface area contributed by atoms with E-state index >= 15 is 0 Å². The molecule has 1 aliphatic heterocycles. The van der Waals surface area contributed by atoms with Gasteiger partial charge in [-0.3, -0.25) is 9.69 Å². The molecule has 118 valence electrons. The molecule has 1 aromatic rings. The molecule has 1 saturated heterocycles. The predicted octanol–water partition coefficient (Wildman–Crippen LogP) is 2.10. The largest absolute Gasteiger partial charge is 0.466 e. The van der Waals surface area contributed by atoms with Crippen LogP contribution in [-0.2, 0) is 16.0 Å². The number of hydrogen-bond acceptors (Lipinski definition) is 7. The smallest absolute Gasteiger partial charge is 0.306 e. The van der Waals surface area contributed by atoms with Crippen LogP contribution in [0.2, 0.25) is 0 Å². The van der Waals surface area contributed by atoms with E-state index in [0.717, 1.165) is 23.9 Å². The van der Waals surface area contributed by atoms with Crippen molar-refractivity contribution >= 4 is 34.2 Å². The van der Waals surface area contributed by atoms with Crippen LogP contribution in [0.3, 0.4) is 0 Å². The number of aryl methyl sites for hydroxylation is 1. The third kappa shape index (κ3) is 6.23. The highest BCUT2D eigenvalue weighted by Gasteiger charge is 2.10. The summed E-state index contributed by atoms with van der Waals surface area (Å²) in [6, 6.07) is 0. The van der Waals surface area contributed by atoms with Crippen molar-refractivity contribution in [2.45, 2.75) is 19.8 Å². The second kappa shape index (κ2) is 9.27. The molecule has 21 heavy (non-hydrogen) atoms. The van der Waals surface area contributed by atoms with E-state index in [1.165, 1.54) is 24.6 Å². The number of rotatable bonds is 8. The molecule has 2 heterocycles. The summed E-state index contributed by atoms with van der Waals surface area (Å²) in [6.07, 6.45) is 1.06. The minimum Gasteiger partial charge on any atom is -0.466 e. The fourth-order valence-electron chi connectivity index (χ4n) is 2.11. The Kier molecular flexibility index (Phi) is 7.32. The van der Waals surface area contributed by atoms with E-state index in [2.05, 4.69) is 15.2 Å². The van der Waals surface area contributed by atoms with Gasteiger partial charge in [0.2, 0.25) is 0 Å². The van der Waals surface area contributed by atoms with Crippen molar-refractivity contribution in [1.29, 1.82) is 0 Å². The molecule has 0 spiro atoms. The lowest BCUT2D eigenvalue weighted by Gasteiger charge is -2.25. The molecule has 1 aromatic heterocycles. The van der Waals surface area contributed by atoms with Gasteiger partial charge >= 0.3 is 5.97 Å². The molecule has 2 rings (SSSR count). The average molecular weight is 329 g/mol. The molecule has 5 nitrogen and oxygen atoms in total. The SMILES string of the molecule is CCOC(=O)CCc1csc(NCCN2CCSCC2)n1. The van der Waals surface area contributed by atoms with Gasteiger partial charge in [-0.15, -0.1) is 11.3 Å². The van der Waals surface area contributed by atoms with Gasteiger partial charge in [-0.05, 0) is 6.92 Å². The van der Waals surface area contributed by atoms with Crippen LogP contribution in [0.15, 0.2) is 5.38 Å². The maximum Gasteiger partial charge on any atom is 0.306 e. The van der Waals surface area contributed by atoms with Gasteiger partial charge in [0, 0.05) is 49.5 Å². The molecule has 7 heteroatoms. The summed E-state index contributed by atoms with van der Waals surface area (Å²) >= 11 is 3.64. The maximum absolute atomic E-state index is 11.3. The van der Waals surface area contributed by atoms with E-state index < -0.39 is 0 Å². The first-order valence-electron chi connectivity index (χ1n) is 7.42. The molecule has 0 unspecified atom stereocenters. The lowest BCUT2D eigenvalue weighted by molar-refractivity contribution is -0.143. The van der Waals surface area contributed by atoms with E-state index in [9.17, 15) is 4.79 Å². The summed E-state index contributed by atoms with van der Waals surface area (Å²) in [5, 5.41) is 6.33. The highest BCUT2D eigenvalue weighted by Crippen LogP contribution is 2.16. The van der Waals surface area contributed by atoms with Crippen LogP contribution in [0, 0.1) is 0 Å². The Morgan fingerprint density at radius 1 is 1.48 bits per heavy atom. The van der Waals surface area contributed by atoms with Crippen LogP contribution < -0.4 is 5.32 Å². The van der Waals surface area contributed by atoms with E-state index in [1.807, 2.05) is 24.1 Å². The molecule has 0 atom stereocenters. The second-order valence-electron chi connectivity index (χ2n) is 4.83. The summed E-state index contributed by atoms with van der Waals surface area (Å²) < 4.78 is 4.92. The Hall–Kier alpha value is -0.790. The fourth-order valence-corrected chi connectivity index (χ4v) is 3.86. The zero-order valence-electron chi connectivity index (χ0n) is 12.5. The number of aromatic nitrogens is 1. The molecule has 0 aromatic carbocycles. The van der Waals surface area contributed by atoms with Crippen molar-refractivity contribution in [3.05, 3.63) is 11.1 Å². The summed E-state index contributed by atoms with van der Waals surface area (Å²) in [4.78, 5) is 18.3. The number of nitrogens with zero attached hydrogens (tertiary/aromatic N) is 2. The molecule has 0 radical (unpaired) electrons. The van der Waals surface area contributed by atoms with Crippen LogP contribution in [0.25, 0.3) is 0 Å². The van der Waals surface area contributed by atoms with Crippen molar-refractivity contribution in [3.8, 4) is 0 Å². The molecule has 1 fully saturated rings. The van der Waals surface area contributed by atoms with Gasteiger partial charge in [0.05, 0.1) is 18.7 Å². The number of carbonyl (C=O) groups excluding carboxylic acids is 1. The fraction of sp³-hybridized carbons (Fsp3) is 0.714. The number of esters is 1. The van der Waals surface area contributed by atoms with Gasteiger partial charge in [-0.25, -0.2) is 4.98 Å². The number of carbonyl (C=O) groups is 1. The summed E-state index contributed by atoms with van der Waals surface area (Å²) in [7, 11) is 0. The zero-order chi connectivity index (χ0) is 14.9. The van der Waals surface area contributed by atoms with Gasteiger partial charge in [0.25, 0.3) is 0 Å². The van der Waals surface area contributed by atoms with Crippen LogP contribution >= 0.6 is 23.1 Å². The quantitative estimate of drug-likeness (QED) is 0.737. The van der Waals surface area contributed by atoms with Crippen molar-refractivity contribution in [2.75, 3.05) is 49.6 Å². The van der Waals surface area contributed by atoms with Gasteiger partial charge in [0.1, 0.15) is 0 Å². The predicted molar refractivity (Wildman–Crippen MR) is 89.3 cm³/mol. The lowest BCUT2D eigenvalue weighted by Crippen LogP contribution is -2.36. The molecule has 0 saturated carbocycles. The van der Waals surface area contributed by atoms with E-state index in [0.29, 0.717) is 19.4 Å². The summed E-state index contributed by atoms with van der Waals surface area (Å²) in [6.45, 7) is 6.64. The number of hydrogen-bond donors (Lipinski definition) is 1. The van der Waals surface area contributed by atoms with Crippen molar-refractivity contribution in [1.82, 2.24) is 9.88 Å². The molecule has 0 bridgehead atoms. The summed E-state index contributed by atoms with van der Waals surface area (Å²) in [5.41, 5.74) is 0.963. The average Bonchev–Trinajstić information content (AvgIpc) is 2.95. The first-order valence-corrected chi connectivity index (χ1v) is 9.45. The van der Waals surface area contributed by atoms with Crippen LogP contribution in [0.1, 0.15) is 19.0 Å². The Morgan fingerprint density at radius 3 is 3.05 bits per heavy atom. The van der Waals surface area contributed by atoms with Crippen LogP contribution in [0.5, 0.6) is 0 Å². The molecular formula is C14H23N3O2S2. The van der Waals surface area contributed by atoms with Gasteiger partial charge < -0.3 is 10.1 Å². The zero-order valence-corrected chi connectivity index (χ0v) is 14.1. The van der Waals surface area contributed by atoms with E-state index in [4.69, 9.17) is 4.74 Å². The van der Waals surface area contributed by atoms with E-state index in [1.54, 1.807) is 11.3 Å². The Morgan fingerprint density at radius 2 is 2.29 bits per heavy atom. The van der Waals surface area contributed by atoms with Crippen molar-refractivity contribution < 1.29 is 9.53 Å². The van der Waals surface area contributed by atoms with Crippen molar-refractivity contribution in [3.63, 3.8) is 0 Å². The van der Waals surface area contributed by atoms with Crippen LogP contribution in [0.4, 0.5) is 5.13 Å².